The summed E-state index contributed by atoms with van der Waals surface area (Å²) in [5.41, 5.74) is -0.766. The molecule has 29 heavy (non-hydrogen) atoms. The minimum absolute atomic E-state index is 0.00935. The minimum atomic E-state index is -4.57. The standard InChI is InChI=1S/C19H17F3N2O5/c1-11(15-9-13(19(20,21)22)7-8-16(15)25)23-29-10-12-5-3-4-6-14(12)17(18(26)27)24-28-2/h3-9,25H,10H2,1-2H3,(H,26,27)/b23-11+,24-17+. The molecule has 0 saturated heterocycles. The molecule has 0 aliphatic heterocycles. The first-order chi connectivity index (χ1) is 13.6. The first-order valence-electron chi connectivity index (χ1n) is 8.15. The Bertz CT molecular complexity index is 955. The van der Waals surface area contributed by atoms with Crippen molar-refractivity contribution < 1.29 is 37.9 Å². The van der Waals surface area contributed by atoms with E-state index in [0.29, 0.717) is 5.56 Å². The topological polar surface area (TPSA) is 101 Å². The van der Waals surface area contributed by atoms with Gasteiger partial charge in [0.2, 0.25) is 0 Å². The first kappa shape index (κ1) is 21.7. The zero-order chi connectivity index (χ0) is 21.6. The number of oxime groups is 2. The van der Waals surface area contributed by atoms with Crippen LogP contribution >= 0.6 is 0 Å². The van der Waals surface area contributed by atoms with Crippen LogP contribution in [-0.2, 0) is 27.3 Å². The van der Waals surface area contributed by atoms with Crippen molar-refractivity contribution in [2.75, 3.05) is 7.11 Å². The van der Waals surface area contributed by atoms with E-state index in [1.54, 1.807) is 18.2 Å². The lowest BCUT2D eigenvalue weighted by atomic mass is 10.0. The molecule has 2 aromatic rings. The molecule has 0 bridgehead atoms. The number of aromatic hydroxyl groups is 1. The zero-order valence-corrected chi connectivity index (χ0v) is 15.4. The number of carboxylic acid groups (broad SMARTS) is 1. The van der Waals surface area contributed by atoms with E-state index in [0.717, 1.165) is 18.2 Å². The van der Waals surface area contributed by atoms with E-state index in [9.17, 15) is 28.2 Å². The SMILES string of the molecule is CO/N=C(/C(=O)O)c1ccccc1CO/N=C(\C)c1cc(C(F)(F)F)ccc1O. The van der Waals surface area contributed by atoms with E-state index in [-0.39, 0.29) is 34.9 Å². The van der Waals surface area contributed by atoms with Gasteiger partial charge in [0.25, 0.3) is 0 Å². The normalized spacial score (nSPS) is 12.6. The smallest absolute Gasteiger partial charge is 0.416 e. The molecule has 2 rings (SSSR count). The monoisotopic (exact) mass is 410 g/mol. The van der Waals surface area contributed by atoms with Crippen LogP contribution in [0.15, 0.2) is 52.8 Å². The lowest BCUT2D eigenvalue weighted by Crippen LogP contribution is -2.17. The van der Waals surface area contributed by atoms with Crippen LogP contribution in [0.4, 0.5) is 13.2 Å². The minimum Gasteiger partial charge on any atom is -0.507 e. The average Bonchev–Trinajstić information content (AvgIpc) is 2.65. The number of aliphatic carboxylic acids is 1. The van der Waals surface area contributed by atoms with E-state index in [4.69, 9.17) is 4.84 Å². The molecule has 2 aromatic carbocycles. The van der Waals surface area contributed by atoms with Gasteiger partial charge in [-0.1, -0.05) is 34.6 Å². The Balaban J connectivity index is 2.25. The number of rotatable bonds is 7. The predicted molar refractivity (Wildman–Crippen MR) is 97.7 cm³/mol. The maximum atomic E-state index is 12.9. The van der Waals surface area contributed by atoms with E-state index in [1.807, 2.05) is 0 Å². The summed E-state index contributed by atoms with van der Waals surface area (Å²) in [4.78, 5) is 21.1. The molecule has 0 atom stereocenters. The summed E-state index contributed by atoms with van der Waals surface area (Å²) < 4.78 is 38.6. The van der Waals surface area contributed by atoms with Crippen LogP contribution in [0.2, 0.25) is 0 Å². The molecule has 154 valence electrons. The van der Waals surface area contributed by atoms with Gasteiger partial charge in [0.15, 0.2) is 5.71 Å². The van der Waals surface area contributed by atoms with Gasteiger partial charge in [0.1, 0.15) is 19.5 Å². The number of hydrogen-bond donors (Lipinski definition) is 2. The van der Waals surface area contributed by atoms with E-state index >= 15 is 0 Å². The summed E-state index contributed by atoms with van der Waals surface area (Å²) in [6.45, 7) is 1.18. The third-order valence-electron chi connectivity index (χ3n) is 3.79. The van der Waals surface area contributed by atoms with Crippen LogP contribution in [0.5, 0.6) is 5.75 Å². The zero-order valence-electron chi connectivity index (χ0n) is 15.4. The Morgan fingerprint density at radius 2 is 1.79 bits per heavy atom. The first-order valence-corrected chi connectivity index (χ1v) is 8.15. The second-order valence-corrected chi connectivity index (χ2v) is 5.76. The van der Waals surface area contributed by atoms with E-state index in [1.165, 1.54) is 20.1 Å². The molecule has 0 fully saturated rings. The van der Waals surface area contributed by atoms with Gasteiger partial charge >= 0.3 is 12.1 Å². The van der Waals surface area contributed by atoms with Crippen molar-refractivity contribution in [1.29, 1.82) is 0 Å². The van der Waals surface area contributed by atoms with Crippen molar-refractivity contribution in [1.82, 2.24) is 0 Å². The molecule has 10 heteroatoms. The second kappa shape index (κ2) is 9.09. The highest BCUT2D eigenvalue weighted by Crippen LogP contribution is 2.32. The molecule has 0 aliphatic rings. The highest BCUT2D eigenvalue weighted by Gasteiger charge is 2.31. The molecule has 0 saturated carbocycles. The number of phenols is 1. The van der Waals surface area contributed by atoms with Gasteiger partial charge in [-0.25, -0.2) is 4.79 Å². The van der Waals surface area contributed by atoms with Crippen LogP contribution in [-0.4, -0.2) is 34.7 Å². The molecule has 2 N–H and O–H groups in total. The lowest BCUT2D eigenvalue weighted by Gasteiger charge is -2.11. The molecular formula is C19H17F3N2O5. The predicted octanol–water partition coefficient (Wildman–Crippen LogP) is 3.79. The molecule has 0 unspecified atom stereocenters. The van der Waals surface area contributed by atoms with Crippen molar-refractivity contribution in [2.24, 2.45) is 10.3 Å². The molecule has 0 spiro atoms. The number of alkyl halides is 3. The molecular weight excluding hydrogens is 393 g/mol. The maximum Gasteiger partial charge on any atom is 0.416 e. The van der Waals surface area contributed by atoms with Gasteiger partial charge in [-0.15, -0.1) is 0 Å². The Kier molecular flexibility index (Phi) is 6.81. The fourth-order valence-corrected chi connectivity index (χ4v) is 2.42. The summed E-state index contributed by atoms with van der Waals surface area (Å²) in [5, 5.41) is 26.3. The number of carbonyl (C=O) groups is 1. The van der Waals surface area contributed by atoms with Crippen LogP contribution in [0, 0.1) is 0 Å². The number of halogens is 3. The molecule has 0 radical (unpaired) electrons. The maximum absolute atomic E-state index is 12.9. The lowest BCUT2D eigenvalue weighted by molar-refractivity contribution is -0.137. The van der Waals surface area contributed by atoms with Crippen LogP contribution in [0.1, 0.15) is 29.2 Å². The van der Waals surface area contributed by atoms with Crippen molar-refractivity contribution in [3.63, 3.8) is 0 Å². The number of phenolic OH excluding ortho intramolecular Hbond substituents is 1. The van der Waals surface area contributed by atoms with E-state index < -0.39 is 17.7 Å². The Hall–Kier alpha value is -3.56. The molecule has 0 heterocycles. The molecule has 0 aliphatic carbocycles. The number of carboxylic acids is 1. The summed E-state index contributed by atoms with van der Waals surface area (Å²) in [6, 6.07) is 8.76. The van der Waals surface area contributed by atoms with E-state index in [2.05, 4.69) is 15.1 Å². The average molecular weight is 410 g/mol. The van der Waals surface area contributed by atoms with Gasteiger partial charge in [-0.05, 0) is 25.1 Å². The van der Waals surface area contributed by atoms with Crippen molar-refractivity contribution in [2.45, 2.75) is 19.7 Å². The van der Waals surface area contributed by atoms with Gasteiger partial charge in [-0.3, -0.25) is 0 Å². The summed E-state index contributed by atoms with van der Waals surface area (Å²) in [7, 11) is 1.21. The Morgan fingerprint density at radius 3 is 2.41 bits per heavy atom. The van der Waals surface area contributed by atoms with Crippen molar-refractivity contribution >= 4 is 17.4 Å². The van der Waals surface area contributed by atoms with Crippen LogP contribution in [0.25, 0.3) is 0 Å². The number of hydrogen-bond acceptors (Lipinski definition) is 6. The fraction of sp³-hybridized carbons (Fsp3) is 0.211. The Morgan fingerprint density at radius 1 is 1.10 bits per heavy atom. The van der Waals surface area contributed by atoms with Crippen molar-refractivity contribution in [3.8, 4) is 5.75 Å². The number of nitrogens with zero attached hydrogens (tertiary/aromatic N) is 2. The van der Waals surface area contributed by atoms with Gasteiger partial charge in [0.05, 0.1) is 11.3 Å². The number of benzene rings is 2. The quantitative estimate of drug-likeness (QED) is 0.534. The van der Waals surface area contributed by atoms with Crippen LogP contribution < -0.4 is 0 Å². The van der Waals surface area contributed by atoms with Gasteiger partial charge in [0, 0.05) is 16.7 Å². The van der Waals surface area contributed by atoms with Gasteiger partial charge in [-0.2, -0.15) is 13.2 Å². The molecule has 7 nitrogen and oxygen atoms in total. The van der Waals surface area contributed by atoms with Crippen LogP contribution in [0.3, 0.4) is 0 Å². The third-order valence-corrected chi connectivity index (χ3v) is 3.79. The third kappa shape index (κ3) is 5.47. The largest absolute Gasteiger partial charge is 0.507 e. The van der Waals surface area contributed by atoms with Crippen molar-refractivity contribution in [3.05, 3.63) is 64.7 Å². The summed E-state index contributed by atoms with van der Waals surface area (Å²) >= 11 is 0. The fourth-order valence-electron chi connectivity index (χ4n) is 2.42. The second-order valence-electron chi connectivity index (χ2n) is 5.76. The summed E-state index contributed by atoms with van der Waals surface area (Å²) in [6.07, 6.45) is -4.57. The molecule has 0 amide bonds. The highest BCUT2D eigenvalue weighted by atomic mass is 19.4. The summed E-state index contributed by atoms with van der Waals surface area (Å²) in [5.74, 6) is -1.70. The molecule has 0 aromatic heterocycles. The Labute approximate surface area is 163 Å². The van der Waals surface area contributed by atoms with Gasteiger partial charge < -0.3 is 19.9 Å². The highest BCUT2D eigenvalue weighted by molar-refractivity contribution is 6.42.